The van der Waals surface area contributed by atoms with Gasteiger partial charge >= 0.3 is 5.97 Å². The summed E-state index contributed by atoms with van der Waals surface area (Å²) in [6, 6.07) is 7.47. The van der Waals surface area contributed by atoms with E-state index in [1.165, 1.54) is 0 Å². The van der Waals surface area contributed by atoms with Gasteiger partial charge in [-0.1, -0.05) is 18.2 Å². The Bertz CT molecular complexity index is 601. The number of thioether (sulfide) groups is 1. The number of benzene rings is 1. The zero-order valence-corrected chi connectivity index (χ0v) is 11.6. The molecular weight excluding hydrogens is 262 g/mol. The van der Waals surface area contributed by atoms with E-state index in [-0.39, 0.29) is 5.82 Å². The van der Waals surface area contributed by atoms with Gasteiger partial charge in [-0.15, -0.1) is 11.8 Å². The topological polar surface area (TPSA) is 66.3 Å². The summed E-state index contributed by atoms with van der Waals surface area (Å²) < 4.78 is 0. The van der Waals surface area contributed by atoms with Crippen molar-refractivity contribution in [2.24, 2.45) is 0 Å². The van der Waals surface area contributed by atoms with Crippen molar-refractivity contribution in [3.8, 4) is 0 Å². The molecule has 1 heterocycles. The molecule has 2 rings (SSSR count). The van der Waals surface area contributed by atoms with Crippen molar-refractivity contribution in [1.82, 2.24) is 14.9 Å². The zero-order chi connectivity index (χ0) is 13.8. The summed E-state index contributed by atoms with van der Waals surface area (Å²) in [4.78, 5) is 21.3. The third-order valence-electron chi connectivity index (χ3n) is 2.54. The highest BCUT2D eigenvalue weighted by Gasteiger charge is 2.12. The lowest BCUT2D eigenvalue weighted by molar-refractivity contribution is 0.0683. The van der Waals surface area contributed by atoms with E-state index in [1.54, 1.807) is 17.8 Å². The van der Waals surface area contributed by atoms with E-state index in [0.29, 0.717) is 5.52 Å². The van der Waals surface area contributed by atoms with Crippen LogP contribution in [0.5, 0.6) is 0 Å². The molecule has 0 atom stereocenters. The molecular formula is C13H15N3O2S. The van der Waals surface area contributed by atoms with Crippen LogP contribution in [-0.4, -0.2) is 52.3 Å². The molecule has 0 unspecified atom stereocenters. The Morgan fingerprint density at radius 3 is 2.74 bits per heavy atom. The number of carboxylic acid groups (broad SMARTS) is 1. The third-order valence-corrected chi connectivity index (χ3v) is 3.51. The maximum Gasteiger partial charge on any atom is 0.373 e. The fraction of sp³-hybridized carbons (Fsp3) is 0.308. The number of hydrogen-bond donors (Lipinski definition) is 1. The van der Waals surface area contributed by atoms with Crippen LogP contribution in [0.4, 0.5) is 0 Å². The van der Waals surface area contributed by atoms with Crippen LogP contribution >= 0.6 is 11.8 Å². The number of nitrogens with zero attached hydrogens (tertiary/aromatic N) is 3. The summed E-state index contributed by atoms with van der Waals surface area (Å²) in [7, 11) is 4.00. The number of carbonyl (C=O) groups is 1. The average molecular weight is 277 g/mol. The van der Waals surface area contributed by atoms with E-state index in [1.807, 2.05) is 32.3 Å². The maximum atomic E-state index is 11.0. The van der Waals surface area contributed by atoms with Crippen molar-refractivity contribution in [3.05, 3.63) is 30.1 Å². The van der Waals surface area contributed by atoms with Crippen molar-refractivity contribution in [1.29, 1.82) is 0 Å². The zero-order valence-electron chi connectivity index (χ0n) is 10.8. The summed E-state index contributed by atoms with van der Waals surface area (Å²) in [5.41, 5.74) is 0.669. The Balaban J connectivity index is 2.36. The van der Waals surface area contributed by atoms with Gasteiger partial charge in [0.2, 0.25) is 5.82 Å². The van der Waals surface area contributed by atoms with E-state index >= 15 is 0 Å². The van der Waals surface area contributed by atoms with Gasteiger partial charge in [0.15, 0.2) is 0 Å². The Morgan fingerprint density at radius 2 is 2.05 bits per heavy atom. The highest BCUT2D eigenvalue weighted by molar-refractivity contribution is 7.99. The van der Waals surface area contributed by atoms with Crippen molar-refractivity contribution >= 4 is 28.6 Å². The molecule has 1 aromatic heterocycles. The van der Waals surface area contributed by atoms with Gasteiger partial charge in [0.25, 0.3) is 0 Å². The van der Waals surface area contributed by atoms with Crippen LogP contribution in [0, 0.1) is 0 Å². The van der Waals surface area contributed by atoms with E-state index in [0.717, 1.165) is 22.7 Å². The van der Waals surface area contributed by atoms with Crippen molar-refractivity contribution in [2.45, 2.75) is 5.03 Å². The minimum atomic E-state index is -1.10. The molecule has 6 heteroatoms. The summed E-state index contributed by atoms with van der Waals surface area (Å²) >= 11 is 1.55. The van der Waals surface area contributed by atoms with Crippen LogP contribution in [0.25, 0.3) is 10.9 Å². The lowest BCUT2D eigenvalue weighted by Crippen LogP contribution is -2.15. The van der Waals surface area contributed by atoms with Crippen LogP contribution in [0.15, 0.2) is 29.3 Å². The van der Waals surface area contributed by atoms with Crippen LogP contribution in [0.1, 0.15) is 10.6 Å². The van der Waals surface area contributed by atoms with Gasteiger partial charge in [0.05, 0.1) is 5.52 Å². The first-order valence-electron chi connectivity index (χ1n) is 5.85. The Hall–Kier alpha value is -1.66. The van der Waals surface area contributed by atoms with E-state index in [9.17, 15) is 4.79 Å². The number of hydrogen-bond acceptors (Lipinski definition) is 5. The molecule has 0 saturated heterocycles. The van der Waals surface area contributed by atoms with Crippen LogP contribution in [0.3, 0.4) is 0 Å². The summed E-state index contributed by atoms with van der Waals surface area (Å²) in [5.74, 6) is -0.390. The number of rotatable bonds is 5. The van der Waals surface area contributed by atoms with Gasteiger partial charge in [0, 0.05) is 17.7 Å². The monoisotopic (exact) mass is 277 g/mol. The SMILES string of the molecule is CN(C)CCSc1nc(C(=O)O)nc2ccccc12. The van der Waals surface area contributed by atoms with Gasteiger partial charge < -0.3 is 10.0 Å². The van der Waals surface area contributed by atoms with Crippen LogP contribution in [-0.2, 0) is 0 Å². The van der Waals surface area contributed by atoms with Crippen molar-refractivity contribution in [3.63, 3.8) is 0 Å². The minimum Gasteiger partial charge on any atom is -0.475 e. The fourth-order valence-electron chi connectivity index (χ4n) is 1.58. The standard InChI is InChI=1S/C13H15N3O2S/c1-16(2)7-8-19-12-9-5-3-4-6-10(9)14-11(15-12)13(17)18/h3-6H,7-8H2,1-2H3,(H,17,18). The van der Waals surface area contributed by atoms with Crippen molar-refractivity contribution < 1.29 is 9.90 Å². The molecule has 19 heavy (non-hydrogen) atoms. The second-order valence-corrected chi connectivity index (χ2v) is 5.41. The molecule has 5 nitrogen and oxygen atoms in total. The molecule has 0 saturated carbocycles. The largest absolute Gasteiger partial charge is 0.475 e. The first-order valence-corrected chi connectivity index (χ1v) is 6.84. The molecule has 100 valence electrons. The molecule has 0 aliphatic heterocycles. The van der Waals surface area contributed by atoms with Gasteiger partial charge in [-0.25, -0.2) is 14.8 Å². The van der Waals surface area contributed by atoms with Crippen LogP contribution in [0.2, 0.25) is 0 Å². The predicted molar refractivity (Wildman–Crippen MR) is 75.8 cm³/mol. The Kier molecular flexibility index (Phi) is 4.34. The summed E-state index contributed by atoms with van der Waals surface area (Å²) in [6.45, 7) is 0.908. The molecule has 2 aromatic rings. The molecule has 0 aliphatic carbocycles. The van der Waals surface area contributed by atoms with Gasteiger partial charge in [-0.2, -0.15) is 0 Å². The number of aromatic nitrogens is 2. The highest BCUT2D eigenvalue weighted by Crippen LogP contribution is 2.25. The lowest BCUT2D eigenvalue weighted by atomic mass is 10.2. The second kappa shape index (κ2) is 5.99. The highest BCUT2D eigenvalue weighted by atomic mass is 32.2. The number of aromatic carboxylic acids is 1. The molecule has 0 aliphatic rings. The third kappa shape index (κ3) is 3.42. The maximum absolute atomic E-state index is 11.0. The number of carboxylic acids is 1. The Labute approximate surface area is 115 Å². The minimum absolute atomic E-state index is 0.147. The smallest absolute Gasteiger partial charge is 0.373 e. The molecule has 0 spiro atoms. The lowest BCUT2D eigenvalue weighted by Gasteiger charge is -2.10. The van der Waals surface area contributed by atoms with Gasteiger partial charge in [-0.3, -0.25) is 0 Å². The first-order chi connectivity index (χ1) is 9.08. The molecule has 0 radical (unpaired) electrons. The van der Waals surface area contributed by atoms with Crippen molar-refractivity contribution in [2.75, 3.05) is 26.4 Å². The Morgan fingerprint density at radius 1 is 1.32 bits per heavy atom. The first kappa shape index (κ1) is 13.8. The fourth-order valence-corrected chi connectivity index (χ4v) is 2.71. The summed E-state index contributed by atoms with van der Waals surface area (Å²) in [6.07, 6.45) is 0. The molecule has 1 aromatic carbocycles. The van der Waals surface area contributed by atoms with E-state index in [4.69, 9.17) is 5.11 Å². The molecule has 0 amide bonds. The van der Waals surface area contributed by atoms with Crippen LogP contribution < -0.4 is 0 Å². The molecule has 1 N–H and O–H groups in total. The summed E-state index contributed by atoms with van der Waals surface area (Å²) in [5, 5.41) is 10.7. The number of fused-ring (bicyclic) bond motifs is 1. The van der Waals surface area contributed by atoms with Gasteiger partial charge in [-0.05, 0) is 20.2 Å². The second-order valence-electron chi connectivity index (χ2n) is 4.33. The predicted octanol–water partition coefficient (Wildman–Crippen LogP) is 1.98. The number of para-hydroxylation sites is 1. The molecule has 0 fully saturated rings. The molecule has 0 bridgehead atoms. The normalized spacial score (nSPS) is 11.1. The van der Waals surface area contributed by atoms with Gasteiger partial charge in [0.1, 0.15) is 5.03 Å². The van der Waals surface area contributed by atoms with E-state index < -0.39 is 5.97 Å². The average Bonchev–Trinajstić information content (AvgIpc) is 2.38. The van der Waals surface area contributed by atoms with E-state index in [2.05, 4.69) is 14.9 Å². The quantitative estimate of drug-likeness (QED) is 0.666.